The Morgan fingerprint density at radius 1 is 0.963 bits per heavy atom. The van der Waals surface area contributed by atoms with Crippen LogP contribution in [0.5, 0.6) is 0 Å². The second-order valence-electron chi connectivity index (χ2n) is 7.58. The van der Waals surface area contributed by atoms with Crippen LogP contribution in [-0.2, 0) is 9.59 Å². The SMILES string of the molecule is CCN(CC)C(N)=NCCCCCC(=O)N1CCN(C(=O)CC(C)C)CC1. The van der Waals surface area contributed by atoms with Crippen molar-refractivity contribution in [2.45, 2.75) is 59.8 Å². The zero-order valence-corrected chi connectivity index (χ0v) is 17.7. The van der Waals surface area contributed by atoms with E-state index in [2.05, 4.69) is 32.7 Å². The van der Waals surface area contributed by atoms with Crippen LogP contribution in [0.3, 0.4) is 0 Å². The quantitative estimate of drug-likeness (QED) is 0.356. The number of amides is 2. The van der Waals surface area contributed by atoms with Gasteiger partial charge >= 0.3 is 0 Å². The summed E-state index contributed by atoms with van der Waals surface area (Å²) in [5.41, 5.74) is 5.95. The molecule has 27 heavy (non-hydrogen) atoms. The lowest BCUT2D eigenvalue weighted by atomic mass is 10.1. The summed E-state index contributed by atoms with van der Waals surface area (Å²) in [7, 11) is 0. The molecule has 2 amide bonds. The largest absolute Gasteiger partial charge is 0.370 e. The number of unbranched alkanes of at least 4 members (excludes halogenated alkanes) is 2. The average Bonchev–Trinajstić information content (AvgIpc) is 2.64. The van der Waals surface area contributed by atoms with Gasteiger partial charge in [0.15, 0.2) is 5.96 Å². The van der Waals surface area contributed by atoms with E-state index in [1.165, 1.54) is 0 Å². The standard InChI is InChI=1S/C20H39N5O2/c1-5-23(6-2)20(21)22-11-9-7-8-10-18(26)24-12-14-25(15-13-24)19(27)16-17(3)4/h17H,5-16H2,1-4H3,(H2,21,22). The maximum atomic E-state index is 12.3. The Hall–Kier alpha value is -1.79. The molecule has 0 aromatic heterocycles. The van der Waals surface area contributed by atoms with E-state index in [1.807, 2.05) is 14.7 Å². The van der Waals surface area contributed by atoms with Crippen LogP contribution in [0.4, 0.5) is 0 Å². The number of aliphatic imine (C=N–C) groups is 1. The molecular formula is C20H39N5O2. The Balaban J connectivity index is 2.18. The molecule has 0 aromatic carbocycles. The number of carbonyl (C=O) groups is 2. The van der Waals surface area contributed by atoms with E-state index in [-0.39, 0.29) is 11.8 Å². The summed E-state index contributed by atoms with van der Waals surface area (Å²) in [5, 5.41) is 0. The van der Waals surface area contributed by atoms with Crippen LogP contribution >= 0.6 is 0 Å². The highest BCUT2D eigenvalue weighted by molar-refractivity contribution is 5.79. The summed E-state index contributed by atoms with van der Waals surface area (Å²) in [4.78, 5) is 34.6. The fraction of sp³-hybridized carbons (Fsp3) is 0.850. The van der Waals surface area contributed by atoms with Gasteiger partial charge in [-0.15, -0.1) is 0 Å². The molecule has 0 aliphatic carbocycles. The van der Waals surface area contributed by atoms with E-state index in [4.69, 9.17) is 5.73 Å². The van der Waals surface area contributed by atoms with Crippen molar-refractivity contribution in [2.75, 3.05) is 45.8 Å². The number of nitrogens with two attached hydrogens (primary N) is 1. The van der Waals surface area contributed by atoms with E-state index in [0.29, 0.717) is 57.4 Å². The number of hydrogen-bond donors (Lipinski definition) is 1. The molecular weight excluding hydrogens is 342 g/mol. The van der Waals surface area contributed by atoms with Gasteiger partial charge in [0.05, 0.1) is 0 Å². The predicted octanol–water partition coefficient (Wildman–Crippen LogP) is 1.92. The lowest BCUT2D eigenvalue weighted by molar-refractivity contribution is -0.140. The van der Waals surface area contributed by atoms with Gasteiger partial charge in [-0.25, -0.2) is 0 Å². The van der Waals surface area contributed by atoms with Gasteiger partial charge in [-0.2, -0.15) is 0 Å². The van der Waals surface area contributed by atoms with Crippen LogP contribution in [0.2, 0.25) is 0 Å². The molecule has 0 aromatic rings. The van der Waals surface area contributed by atoms with Crippen LogP contribution < -0.4 is 5.73 Å². The third kappa shape index (κ3) is 8.63. The van der Waals surface area contributed by atoms with Gasteiger partial charge < -0.3 is 20.4 Å². The van der Waals surface area contributed by atoms with E-state index < -0.39 is 0 Å². The van der Waals surface area contributed by atoms with Gasteiger partial charge in [-0.3, -0.25) is 14.6 Å². The van der Waals surface area contributed by atoms with Crippen molar-refractivity contribution < 1.29 is 9.59 Å². The third-order valence-corrected chi connectivity index (χ3v) is 4.98. The normalized spacial score (nSPS) is 15.4. The van der Waals surface area contributed by atoms with Gasteiger partial charge in [0.1, 0.15) is 0 Å². The minimum absolute atomic E-state index is 0.206. The number of rotatable bonds is 10. The van der Waals surface area contributed by atoms with Crippen molar-refractivity contribution in [3.63, 3.8) is 0 Å². The summed E-state index contributed by atoms with van der Waals surface area (Å²) in [6.45, 7) is 13.4. The van der Waals surface area contributed by atoms with Crippen LogP contribution in [0, 0.1) is 5.92 Å². The molecule has 7 heteroatoms. The smallest absolute Gasteiger partial charge is 0.222 e. The second-order valence-corrected chi connectivity index (χ2v) is 7.58. The zero-order chi connectivity index (χ0) is 20.2. The number of hydrogen-bond acceptors (Lipinski definition) is 3. The lowest BCUT2D eigenvalue weighted by Gasteiger charge is -2.35. The van der Waals surface area contributed by atoms with Gasteiger partial charge in [0.25, 0.3) is 0 Å². The minimum atomic E-state index is 0.206. The maximum Gasteiger partial charge on any atom is 0.222 e. The molecule has 0 spiro atoms. The Kier molecular flexibility index (Phi) is 10.8. The van der Waals surface area contributed by atoms with E-state index in [0.717, 1.165) is 32.4 Å². The third-order valence-electron chi connectivity index (χ3n) is 4.98. The molecule has 2 N–H and O–H groups in total. The molecule has 1 fully saturated rings. The van der Waals surface area contributed by atoms with Crippen LogP contribution in [0.25, 0.3) is 0 Å². The molecule has 7 nitrogen and oxygen atoms in total. The van der Waals surface area contributed by atoms with Crippen molar-refractivity contribution >= 4 is 17.8 Å². The van der Waals surface area contributed by atoms with E-state index in [9.17, 15) is 9.59 Å². The van der Waals surface area contributed by atoms with Gasteiger partial charge in [-0.05, 0) is 32.6 Å². The van der Waals surface area contributed by atoms with Crippen LogP contribution in [0.1, 0.15) is 59.8 Å². The first-order valence-electron chi connectivity index (χ1n) is 10.5. The van der Waals surface area contributed by atoms with Gasteiger partial charge in [-0.1, -0.05) is 20.3 Å². The first-order chi connectivity index (χ1) is 12.9. The molecule has 0 unspecified atom stereocenters. The Morgan fingerprint density at radius 2 is 1.52 bits per heavy atom. The fourth-order valence-corrected chi connectivity index (χ4v) is 3.25. The lowest BCUT2D eigenvalue weighted by Crippen LogP contribution is -2.50. The van der Waals surface area contributed by atoms with Crippen molar-refractivity contribution in [2.24, 2.45) is 16.6 Å². The molecule has 0 atom stereocenters. The first-order valence-corrected chi connectivity index (χ1v) is 10.5. The van der Waals surface area contributed by atoms with Crippen LogP contribution in [-0.4, -0.2) is 78.3 Å². The van der Waals surface area contributed by atoms with Crippen molar-refractivity contribution in [3.05, 3.63) is 0 Å². The molecule has 1 aliphatic heterocycles. The number of piperazine rings is 1. The van der Waals surface area contributed by atoms with Gasteiger partial charge in [0.2, 0.25) is 11.8 Å². The minimum Gasteiger partial charge on any atom is -0.370 e. The van der Waals surface area contributed by atoms with Crippen molar-refractivity contribution in [1.82, 2.24) is 14.7 Å². The summed E-state index contributed by atoms with van der Waals surface area (Å²) >= 11 is 0. The molecule has 1 rings (SSSR count). The van der Waals surface area contributed by atoms with Crippen molar-refractivity contribution in [1.29, 1.82) is 0 Å². The Bertz CT molecular complexity index is 481. The van der Waals surface area contributed by atoms with Gasteiger partial charge in [0, 0.05) is 58.7 Å². The number of carbonyl (C=O) groups excluding carboxylic acids is 2. The molecule has 0 bridgehead atoms. The summed E-state index contributed by atoms with van der Waals surface area (Å²) < 4.78 is 0. The fourth-order valence-electron chi connectivity index (χ4n) is 3.25. The number of guanidine groups is 1. The van der Waals surface area contributed by atoms with E-state index in [1.54, 1.807) is 0 Å². The molecule has 1 aliphatic rings. The van der Waals surface area contributed by atoms with Crippen LogP contribution in [0.15, 0.2) is 4.99 Å². The highest BCUT2D eigenvalue weighted by Gasteiger charge is 2.23. The Labute approximate surface area is 165 Å². The molecule has 1 heterocycles. The first kappa shape index (κ1) is 23.2. The monoisotopic (exact) mass is 381 g/mol. The van der Waals surface area contributed by atoms with E-state index >= 15 is 0 Å². The summed E-state index contributed by atoms with van der Waals surface area (Å²) in [6, 6.07) is 0. The highest BCUT2D eigenvalue weighted by atomic mass is 16.2. The summed E-state index contributed by atoms with van der Waals surface area (Å²) in [5.74, 6) is 1.41. The molecule has 1 saturated heterocycles. The molecule has 0 radical (unpaired) electrons. The predicted molar refractivity (Wildman–Crippen MR) is 110 cm³/mol. The zero-order valence-electron chi connectivity index (χ0n) is 17.7. The topological polar surface area (TPSA) is 82.2 Å². The van der Waals surface area contributed by atoms with Crippen molar-refractivity contribution in [3.8, 4) is 0 Å². The number of nitrogens with zero attached hydrogens (tertiary/aromatic N) is 4. The molecule has 156 valence electrons. The molecule has 0 saturated carbocycles. The summed E-state index contributed by atoms with van der Waals surface area (Å²) in [6.07, 6.45) is 3.98. The average molecular weight is 382 g/mol. The highest BCUT2D eigenvalue weighted by Crippen LogP contribution is 2.10. The second kappa shape index (κ2) is 12.6. The maximum absolute atomic E-state index is 12.3. The Morgan fingerprint density at radius 3 is 2.04 bits per heavy atom.